The molecule has 2 atom stereocenters. The van der Waals surface area contributed by atoms with E-state index in [-0.39, 0.29) is 12.1 Å². The Balaban J connectivity index is 3.05. The van der Waals surface area contributed by atoms with E-state index in [1.807, 2.05) is 30.2 Å². The molecule has 0 amide bonds. The Hall–Kier alpha value is -0.420. The van der Waals surface area contributed by atoms with Crippen LogP contribution in [-0.2, 0) is 4.84 Å². The first kappa shape index (κ1) is 15.6. The Morgan fingerprint density at radius 2 is 1.89 bits per heavy atom. The van der Waals surface area contributed by atoms with E-state index in [2.05, 4.69) is 35.8 Å². The number of benzene rings is 1. The number of hydrogen-bond donors (Lipinski definition) is 1. The maximum atomic E-state index is 6.15. The van der Waals surface area contributed by atoms with Gasteiger partial charge in [0.2, 0.25) is 0 Å². The Morgan fingerprint density at radius 3 is 2.33 bits per heavy atom. The van der Waals surface area contributed by atoms with Crippen molar-refractivity contribution in [3.8, 4) is 0 Å². The third-order valence-corrected chi connectivity index (χ3v) is 3.53. The van der Waals surface area contributed by atoms with Crippen LogP contribution in [-0.4, -0.2) is 24.8 Å². The highest BCUT2D eigenvalue weighted by molar-refractivity contribution is 9.10. The lowest BCUT2D eigenvalue weighted by atomic mass is 10.00. The van der Waals surface area contributed by atoms with E-state index in [4.69, 9.17) is 10.6 Å². The van der Waals surface area contributed by atoms with Crippen molar-refractivity contribution >= 4 is 15.9 Å². The standard InChI is InChI=1S/C14H23BrN2O/c1-10(2)9-17(18-4)14(11(3)16)12-7-5-6-8-13(12)15/h5-8,10-11,14H,9,16H2,1-4H3. The topological polar surface area (TPSA) is 38.5 Å². The second-order valence-corrected chi connectivity index (χ2v) is 5.86. The fraction of sp³-hybridized carbons (Fsp3) is 0.571. The summed E-state index contributed by atoms with van der Waals surface area (Å²) in [5, 5.41) is 1.97. The van der Waals surface area contributed by atoms with Crippen molar-refractivity contribution in [3.63, 3.8) is 0 Å². The largest absolute Gasteiger partial charge is 0.326 e. The maximum absolute atomic E-state index is 6.15. The van der Waals surface area contributed by atoms with Crippen molar-refractivity contribution in [3.05, 3.63) is 34.3 Å². The number of hydroxylamine groups is 2. The normalized spacial score (nSPS) is 15.1. The van der Waals surface area contributed by atoms with Crippen molar-refractivity contribution in [1.29, 1.82) is 0 Å². The summed E-state index contributed by atoms with van der Waals surface area (Å²) in [6.45, 7) is 7.20. The van der Waals surface area contributed by atoms with E-state index in [1.54, 1.807) is 7.11 Å². The van der Waals surface area contributed by atoms with Gasteiger partial charge in [-0.15, -0.1) is 0 Å². The highest BCUT2D eigenvalue weighted by Gasteiger charge is 2.26. The van der Waals surface area contributed by atoms with E-state index >= 15 is 0 Å². The molecule has 0 saturated carbocycles. The number of nitrogens with zero attached hydrogens (tertiary/aromatic N) is 1. The van der Waals surface area contributed by atoms with Gasteiger partial charge in [-0.25, -0.2) is 0 Å². The van der Waals surface area contributed by atoms with E-state index < -0.39 is 0 Å². The van der Waals surface area contributed by atoms with E-state index in [0.717, 1.165) is 16.6 Å². The van der Waals surface area contributed by atoms with Crippen LogP contribution in [0.15, 0.2) is 28.7 Å². The summed E-state index contributed by atoms with van der Waals surface area (Å²) >= 11 is 3.59. The van der Waals surface area contributed by atoms with Crippen molar-refractivity contribution in [2.45, 2.75) is 32.9 Å². The molecule has 102 valence electrons. The summed E-state index contributed by atoms with van der Waals surface area (Å²) < 4.78 is 1.07. The Labute approximate surface area is 118 Å². The van der Waals surface area contributed by atoms with Crippen LogP contribution in [0.1, 0.15) is 32.4 Å². The minimum absolute atomic E-state index is 0.0117. The SMILES string of the molecule is CON(CC(C)C)C(c1ccccc1Br)C(C)N. The summed E-state index contributed by atoms with van der Waals surface area (Å²) in [5.41, 5.74) is 7.31. The highest BCUT2D eigenvalue weighted by atomic mass is 79.9. The second kappa shape index (κ2) is 7.24. The molecule has 0 aliphatic rings. The van der Waals surface area contributed by atoms with Gasteiger partial charge in [0.1, 0.15) is 0 Å². The summed E-state index contributed by atoms with van der Waals surface area (Å²) in [6.07, 6.45) is 0. The van der Waals surface area contributed by atoms with Gasteiger partial charge in [0.05, 0.1) is 13.2 Å². The lowest BCUT2D eigenvalue weighted by Crippen LogP contribution is -2.40. The first-order valence-corrected chi connectivity index (χ1v) is 7.07. The number of hydrogen-bond acceptors (Lipinski definition) is 3. The average molecular weight is 315 g/mol. The van der Waals surface area contributed by atoms with Gasteiger partial charge in [-0.3, -0.25) is 0 Å². The molecule has 1 aromatic carbocycles. The Morgan fingerprint density at radius 1 is 1.28 bits per heavy atom. The van der Waals surface area contributed by atoms with Crippen molar-refractivity contribution in [1.82, 2.24) is 5.06 Å². The molecule has 0 saturated heterocycles. The molecule has 0 bridgehead atoms. The van der Waals surface area contributed by atoms with Crippen molar-refractivity contribution in [2.75, 3.05) is 13.7 Å². The summed E-state index contributed by atoms with van der Waals surface area (Å²) in [6, 6.07) is 8.19. The molecule has 2 N–H and O–H groups in total. The van der Waals surface area contributed by atoms with Crippen LogP contribution < -0.4 is 5.73 Å². The van der Waals surface area contributed by atoms with Crippen LogP contribution in [0, 0.1) is 5.92 Å². The van der Waals surface area contributed by atoms with Crippen LogP contribution in [0.2, 0.25) is 0 Å². The predicted molar refractivity (Wildman–Crippen MR) is 79.1 cm³/mol. The zero-order valence-corrected chi connectivity index (χ0v) is 13.1. The molecule has 18 heavy (non-hydrogen) atoms. The molecule has 0 fully saturated rings. The summed E-state index contributed by atoms with van der Waals surface area (Å²) in [7, 11) is 1.70. The molecule has 4 heteroatoms. The molecule has 1 rings (SSSR count). The fourth-order valence-electron chi connectivity index (χ4n) is 2.08. The Kier molecular flexibility index (Phi) is 6.29. The molecule has 0 spiro atoms. The molecule has 0 aliphatic carbocycles. The van der Waals surface area contributed by atoms with Crippen LogP contribution in [0.3, 0.4) is 0 Å². The zero-order valence-electron chi connectivity index (χ0n) is 11.6. The first-order valence-electron chi connectivity index (χ1n) is 6.28. The molecule has 0 aromatic heterocycles. The smallest absolute Gasteiger partial charge is 0.0761 e. The van der Waals surface area contributed by atoms with Crippen LogP contribution >= 0.6 is 15.9 Å². The molecule has 2 unspecified atom stereocenters. The number of halogens is 1. The molecule has 0 heterocycles. The first-order chi connectivity index (χ1) is 8.47. The van der Waals surface area contributed by atoms with Gasteiger partial charge >= 0.3 is 0 Å². The van der Waals surface area contributed by atoms with Crippen molar-refractivity contribution < 1.29 is 4.84 Å². The second-order valence-electron chi connectivity index (χ2n) is 5.00. The van der Waals surface area contributed by atoms with Gasteiger partial charge in [0.25, 0.3) is 0 Å². The third-order valence-electron chi connectivity index (χ3n) is 2.81. The molecule has 1 aromatic rings. The quantitative estimate of drug-likeness (QED) is 0.818. The van der Waals surface area contributed by atoms with Crippen LogP contribution in [0.25, 0.3) is 0 Å². The molecular formula is C14H23BrN2O. The lowest BCUT2D eigenvalue weighted by molar-refractivity contribution is -0.173. The van der Waals surface area contributed by atoms with Gasteiger partial charge in [0, 0.05) is 17.1 Å². The monoisotopic (exact) mass is 314 g/mol. The summed E-state index contributed by atoms with van der Waals surface area (Å²) in [5.74, 6) is 0.522. The third kappa shape index (κ3) is 4.05. The zero-order chi connectivity index (χ0) is 13.7. The highest BCUT2D eigenvalue weighted by Crippen LogP contribution is 2.30. The lowest BCUT2D eigenvalue weighted by Gasteiger charge is -2.34. The minimum atomic E-state index is -0.0117. The molecular weight excluding hydrogens is 292 g/mol. The van der Waals surface area contributed by atoms with E-state index in [0.29, 0.717) is 5.92 Å². The summed E-state index contributed by atoms with van der Waals surface area (Å²) in [4.78, 5) is 5.53. The minimum Gasteiger partial charge on any atom is -0.326 e. The van der Waals surface area contributed by atoms with Crippen molar-refractivity contribution in [2.24, 2.45) is 11.7 Å². The van der Waals surface area contributed by atoms with Gasteiger partial charge < -0.3 is 10.6 Å². The molecule has 0 radical (unpaired) electrons. The van der Waals surface area contributed by atoms with E-state index in [9.17, 15) is 0 Å². The maximum Gasteiger partial charge on any atom is 0.0761 e. The van der Waals surface area contributed by atoms with Gasteiger partial charge in [-0.05, 0) is 24.5 Å². The van der Waals surface area contributed by atoms with Crippen LogP contribution in [0.5, 0.6) is 0 Å². The Bertz CT molecular complexity index is 369. The van der Waals surface area contributed by atoms with Gasteiger partial charge in [-0.1, -0.05) is 48.0 Å². The van der Waals surface area contributed by atoms with Gasteiger partial charge in [0.15, 0.2) is 0 Å². The predicted octanol–water partition coefficient (Wildman–Crippen LogP) is 3.36. The molecule has 0 aliphatic heterocycles. The van der Waals surface area contributed by atoms with Gasteiger partial charge in [-0.2, -0.15) is 5.06 Å². The number of nitrogens with two attached hydrogens (primary N) is 1. The van der Waals surface area contributed by atoms with E-state index in [1.165, 1.54) is 0 Å². The fourth-order valence-corrected chi connectivity index (χ4v) is 2.60. The van der Waals surface area contributed by atoms with Crippen LogP contribution in [0.4, 0.5) is 0 Å². The number of rotatable bonds is 6. The average Bonchev–Trinajstić information content (AvgIpc) is 2.29. The molecule has 3 nitrogen and oxygen atoms in total.